The van der Waals surface area contributed by atoms with Crippen molar-refractivity contribution < 1.29 is 24.4 Å². The molecule has 0 radical (unpaired) electrons. The van der Waals surface area contributed by atoms with Crippen molar-refractivity contribution in [2.24, 2.45) is 5.92 Å². The molecular weight excluding hydrogens is 311 g/mol. The van der Waals surface area contributed by atoms with Crippen molar-refractivity contribution in [3.05, 3.63) is 29.8 Å². The Kier molecular flexibility index (Phi) is 8.28. The third kappa shape index (κ3) is 7.48. The topological polar surface area (TPSA) is 108 Å². The number of methoxy groups -OCH3 is 1. The summed E-state index contributed by atoms with van der Waals surface area (Å²) in [7, 11) is -0.0673. The van der Waals surface area contributed by atoms with E-state index in [9.17, 15) is 19.6 Å². The Morgan fingerprint density at radius 3 is 2.29 bits per heavy atom. The van der Waals surface area contributed by atoms with Crippen LogP contribution < -0.4 is 15.4 Å². The summed E-state index contributed by atoms with van der Waals surface area (Å²) < 4.78 is 5.04. The molecule has 0 aliphatic heterocycles. The molecule has 0 fully saturated rings. The van der Waals surface area contributed by atoms with Crippen LogP contribution in [0.25, 0.3) is 0 Å². The summed E-state index contributed by atoms with van der Waals surface area (Å²) in [5, 5.41) is 23.6. The minimum absolute atomic E-state index is 0.148. The second kappa shape index (κ2) is 9.94. The molecule has 0 heterocycles. The molecule has 1 rings (SSSR count). The van der Waals surface area contributed by atoms with Crippen molar-refractivity contribution in [1.29, 1.82) is 0 Å². The average Bonchev–Trinajstić information content (AvgIpc) is 2.52. The Morgan fingerprint density at radius 1 is 1.17 bits per heavy atom. The maximum atomic E-state index is 11.8. The van der Waals surface area contributed by atoms with E-state index >= 15 is 0 Å². The first-order chi connectivity index (χ1) is 11.3. The molecule has 7 nitrogen and oxygen atoms in total. The number of amides is 2. The van der Waals surface area contributed by atoms with Gasteiger partial charge in [0.1, 0.15) is 5.75 Å². The van der Waals surface area contributed by atoms with Crippen molar-refractivity contribution in [1.82, 2.24) is 10.6 Å². The van der Waals surface area contributed by atoms with Gasteiger partial charge in [0.25, 0.3) is 0 Å². The van der Waals surface area contributed by atoms with E-state index in [1.165, 1.54) is 0 Å². The molecule has 1 atom stereocenters. The van der Waals surface area contributed by atoms with Crippen molar-refractivity contribution in [3.63, 3.8) is 0 Å². The molecule has 0 aliphatic rings. The van der Waals surface area contributed by atoms with Gasteiger partial charge in [0.2, 0.25) is 11.8 Å². The van der Waals surface area contributed by atoms with Crippen molar-refractivity contribution in [3.8, 4) is 5.75 Å². The largest absolute Gasteiger partial charge is 0.497 e. The number of carbonyl (C=O) groups is 2. The van der Waals surface area contributed by atoms with Gasteiger partial charge >= 0.3 is 7.12 Å². The average molecular weight is 336 g/mol. The van der Waals surface area contributed by atoms with Crippen molar-refractivity contribution in [2.45, 2.75) is 32.6 Å². The fourth-order valence-electron chi connectivity index (χ4n) is 2.19. The normalized spacial score (nSPS) is 11.8. The predicted molar refractivity (Wildman–Crippen MR) is 91.3 cm³/mol. The highest BCUT2D eigenvalue weighted by atomic mass is 16.5. The van der Waals surface area contributed by atoms with Gasteiger partial charge in [-0.05, 0) is 30.0 Å². The molecule has 1 aromatic rings. The number of ether oxygens (including phenoxy) is 1. The lowest BCUT2D eigenvalue weighted by atomic mass is 9.75. The summed E-state index contributed by atoms with van der Waals surface area (Å²) in [5.41, 5.74) is 0.803. The maximum absolute atomic E-state index is 11.8. The fourth-order valence-corrected chi connectivity index (χ4v) is 2.19. The zero-order chi connectivity index (χ0) is 18.1. The quantitative estimate of drug-likeness (QED) is 0.471. The summed E-state index contributed by atoms with van der Waals surface area (Å²) in [4.78, 5) is 23.7. The Balaban J connectivity index is 2.40. The fraction of sp³-hybridized carbons (Fsp3) is 0.500. The molecule has 0 aromatic heterocycles. The van der Waals surface area contributed by atoms with Gasteiger partial charge in [-0.25, -0.2) is 0 Å². The Bertz CT molecular complexity index is 534. The highest BCUT2D eigenvalue weighted by molar-refractivity contribution is 6.43. The Hall–Kier alpha value is -2.06. The van der Waals surface area contributed by atoms with Crippen LogP contribution in [0.5, 0.6) is 5.75 Å². The Labute approximate surface area is 142 Å². The van der Waals surface area contributed by atoms with Crippen LogP contribution in [0.3, 0.4) is 0 Å². The van der Waals surface area contributed by atoms with Crippen LogP contribution in [-0.2, 0) is 16.0 Å². The molecule has 24 heavy (non-hydrogen) atoms. The molecule has 8 heteroatoms. The van der Waals surface area contributed by atoms with E-state index in [0.717, 1.165) is 5.56 Å². The molecule has 0 spiro atoms. The second-order valence-electron chi connectivity index (χ2n) is 6.02. The molecule has 4 N–H and O–H groups in total. The molecule has 0 saturated carbocycles. The van der Waals surface area contributed by atoms with Gasteiger partial charge in [-0.15, -0.1) is 0 Å². The summed E-state index contributed by atoms with van der Waals surface area (Å²) in [6.07, 6.45) is 0.582. The molecule has 132 valence electrons. The van der Waals surface area contributed by atoms with Crippen LogP contribution in [-0.4, -0.2) is 48.6 Å². The van der Waals surface area contributed by atoms with Crippen LogP contribution in [0.4, 0.5) is 0 Å². The van der Waals surface area contributed by atoms with Crippen LogP contribution in [0, 0.1) is 5.92 Å². The first-order valence-electron chi connectivity index (χ1n) is 7.87. The maximum Gasteiger partial charge on any atom is 0.475 e. The molecule has 0 bridgehead atoms. The SMILES string of the molecule is COc1ccc(CC(=O)NCC(=O)NC(CC(C)C)B(O)O)cc1. The van der Waals surface area contributed by atoms with Gasteiger partial charge in [-0.2, -0.15) is 0 Å². The van der Waals surface area contributed by atoms with Crippen LogP contribution in [0.1, 0.15) is 25.8 Å². The van der Waals surface area contributed by atoms with Crippen molar-refractivity contribution >= 4 is 18.9 Å². The lowest BCUT2D eigenvalue weighted by Crippen LogP contribution is -2.50. The van der Waals surface area contributed by atoms with Gasteiger partial charge in [0.05, 0.1) is 26.0 Å². The minimum atomic E-state index is -1.63. The molecule has 0 saturated heterocycles. The minimum Gasteiger partial charge on any atom is -0.497 e. The summed E-state index contributed by atoms with van der Waals surface area (Å²) in [6.45, 7) is 3.62. The molecule has 1 unspecified atom stereocenters. The van der Waals surface area contributed by atoms with Gasteiger partial charge in [0, 0.05) is 0 Å². The van der Waals surface area contributed by atoms with E-state index in [0.29, 0.717) is 12.2 Å². The van der Waals surface area contributed by atoms with Crippen molar-refractivity contribution in [2.75, 3.05) is 13.7 Å². The third-order valence-corrected chi connectivity index (χ3v) is 3.40. The highest BCUT2D eigenvalue weighted by Gasteiger charge is 2.25. The van der Waals surface area contributed by atoms with E-state index in [-0.39, 0.29) is 24.8 Å². The van der Waals surface area contributed by atoms with Crippen LogP contribution in [0.15, 0.2) is 24.3 Å². The first-order valence-corrected chi connectivity index (χ1v) is 7.87. The van der Waals surface area contributed by atoms with Gasteiger partial charge in [0.15, 0.2) is 0 Å². The standard InChI is InChI=1S/C16H25BN2O5/c1-11(2)8-14(17(22)23)19-16(21)10-18-15(20)9-12-4-6-13(24-3)7-5-12/h4-7,11,14,22-23H,8-10H2,1-3H3,(H,18,20)(H,19,21). The number of carbonyl (C=O) groups excluding carboxylic acids is 2. The molecule has 0 aliphatic carbocycles. The molecule has 2 amide bonds. The number of hydrogen-bond acceptors (Lipinski definition) is 5. The van der Waals surface area contributed by atoms with E-state index in [2.05, 4.69) is 10.6 Å². The summed E-state index contributed by atoms with van der Waals surface area (Å²) in [5.74, 6) is -0.604. The number of benzene rings is 1. The van der Waals surface area contributed by atoms with Gasteiger partial charge in [-0.1, -0.05) is 26.0 Å². The smallest absolute Gasteiger partial charge is 0.475 e. The van der Waals surface area contributed by atoms with E-state index in [1.54, 1.807) is 31.4 Å². The Morgan fingerprint density at radius 2 is 1.79 bits per heavy atom. The van der Waals surface area contributed by atoms with Gasteiger partial charge < -0.3 is 25.4 Å². The van der Waals surface area contributed by atoms with E-state index in [4.69, 9.17) is 4.74 Å². The predicted octanol–water partition coefficient (Wildman–Crippen LogP) is -0.103. The zero-order valence-electron chi connectivity index (χ0n) is 14.3. The molecule has 1 aromatic carbocycles. The highest BCUT2D eigenvalue weighted by Crippen LogP contribution is 2.11. The van der Waals surface area contributed by atoms with Gasteiger partial charge in [-0.3, -0.25) is 9.59 Å². The third-order valence-electron chi connectivity index (χ3n) is 3.40. The van der Waals surface area contributed by atoms with Crippen LogP contribution in [0.2, 0.25) is 0 Å². The summed E-state index contributed by atoms with van der Waals surface area (Å²) >= 11 is 0. The molecular formula is C16H25BN2O5. The lowest BCUT2D eigenvalue weighted by molar-refractivity contribution is -0.126. The number of nitrogens with one attached hydrogen (secondary N) is 2. The lowest BCUT2D eigenvalue weighted by Gasteiger charge is -2.19. The second-order valence-corrected chi connectivity index (χ2v) is 6.02. The summed E-state index contributed by atoms with van der Waals surface area (Å²) in [6, 6.07) is 7.07. The number of hydrogen-bond donors (Lipinski definition) is 4. The first kappa shape index (κ1) is 20.0. The van der Waals surface area contributed by atoms with Crippen LogP contribution >= 0.6 is 0 Å². The number of rotatable bonds is 9. The van der Waals surface area contributed by atoms with E-state index in [1.807, 2.05) is 13.8 Å². The van der Waals surface area contributed by atoms with E-state index < -0.39 is 19.0 Å². The monoisotopic (exact) mass is 336 g/mol. The zero-order valence-corrected chi connectivity index (χ0v) is 14.3.